The minimum absolute atomic E-state index is 0. The van der Waals surface area contributed by atoms with E-state index in [-0.39, 0.29) is 20.1 Å². The molecule has 0 N–H and O–H groups in total. The van der Waals surface area contributed by atoms with E-state index in [2.05, 4.69) is 182 Å². The first kappa shape index (κ1) is 38.3. The number of hydrogen-bond acceptors (Lipinski definition) is 3. The summed E-state index contributed by atoms with van der Waals surface area (Å²) in [4.78, 5) is 9.79. The number of aromatic nitrogens is 3. The van der Waals surface area contributed by atoms with Gasteiger partial charge in [-0.25, -0.2) is 0 Å². The average Bonchev–Trinajstić information content (AvgIpc) is 3.79. The van der Waals surface area contributed by atoms with Gasteiger partial charge in [-0.2, -0.15) is 0 Å². The first-order chi connectivity index (χ1) is 26.2. The van der Waals surface area contributed by atoms with Gasteiger partial charge in [-0.05, 0) is 69.4 Å². The summed E-state index contributed by atoms with van der Waals surface area (Å²) >= 11 is 1.65. The zero-order chi connectivity index (χ0) is 37.2. The van der Waals surface area contributed by atoms with Crippen molar-refractivity contribution in [3.63, 3.8) is 0 Å². The van der Waals surface area contributed by atoms with E-state index >= 15 is 0 Å². The third-order valence-electron chi connectivity index (χ3n) is 9.81. The average molecular weight is 926 g/mol. The molecule has 3 aromatic heterocycles. The molecule has 9 aromatic rings. The molecule has 275 valence electrons. The molecule has 55 heavy (non-hydrogen) atoms. The summed E-state index contributed by atoms with van der Waals surface area (Å²) in [6.07, 6.45) is 3.24. The monoisotopic (exact) mass is 926 g/mol. The van der Waals surface area contributed by atoms with Gasteiger partial charge in [0.05, 0.1) is 24.9 Å². The van der Waals surface area contributed by atoms with E-state index in [1.807, 2.05) is 24.3 Å². The third-order valence-corrected chi connectivity index (χ3v) is 12.8. The zero-order valence-corrected chi connectivity index (χ0v) is 36.0. The molecule has 0 amide bonds. The molecule has 0 saturated heterocycles. The van der Waals surface area contributed by atoms with Crippen LogP contribution >= 0.6 is 11.3 Å². The number of fused-ring (bicyclic) bond motifs is 3. The van der Waals surface area contributed by atoms with Gasteiger partial charge in [0.15, 0.2) is 0 Å². The van der Waals surface area contributed by atoms with E-state index in [0.717, 1.165) is 45.8 Å². The van der Waals surface area contributed by atoms with Crippen molar-refractivity contribution >= 4 is 56.5 Å². The van der Waals surface area contributed by atoms with Crippen molar-refractivity contribution in [3.8, 4) is 39.5 Å². The van der Waals surface area contributed by atoms with Crippen LogP contribution < -0.4 is 5.19 Å². The number of thiophene rings is 1. The van der Waals surface area contributed by atoms with Crippen molar-refractivity contribution in [2.45, 2.75) is 39.9 Å². The van der Waals surface area contributed by atoms with E-state index in [4.69, 9.17) is 4.98 Å². The summed E-state index contributed by atoms with van der Waals surface area (Å²) in [5.41, 5.74) is 10.2. The Labute approximate surface area is 343 Å². The van der Waals surface area contributed by atoms with Crippen LogP contribution in [0, 0.1) is 17.4 Å². The van der Waals surface area contributed by atoms with E-state index in [1.165, 1.54) is 42.7 Å². The molecule has 0 bridgehead atoms. The molecular weight excluding hydrogens is 883 g/mol. The van der Waals surface area contributed by atoms with Crippen LogP contribution in [0.3, 0.4) is 0 Å². The van der Waals surface area contributed by atoms with E-state index in [1.54, 1.807) is 11.3 Å². The molecule has 0 aliphatic carbocycles. The molecule has 6 aromatic carbocycles. The number of benzene rings is 6. The topological polar surface area (TPSA) is 30.7 Å². The van der Waals surface area contributed by atoms with Gasteiger partial charge >= 0.3 is 0 Å². The molecule has 3 heterocycles. The van der Waals surface area contributed by atoms with Crippen molar-refractivity contribution in [1.82, 2.24) is 14.5 Å². The normalized spacial score (nSPS) is 11.5. The van der Waals surface area contributed by atoms with E-state index in [0.29, 0.717) is 5.92 Å². The second-order valence-electron chi connectivity index (χ2n) is 15.3. The Kier molecular flexibility index (Phi) is 11.4. The fourth-order valence-corrected chi connectivity index (χ4v) is 9.61. The van der Waals surface area contributed by atoms with E-state index < -0.39 is 8.07 Å². The van der Waals surface area contributed by atoms with Gasteiger partial charge in [0, 0.05) is 32.0 Å². The SMILES string of the molecule is CC(C)Cc1cc(-c2[c-]cccc2)ncc1[Si](C)(C)C.[Ir].[c-]1sc2ccc(-c3ccccc3)cc2c1-c1nc2ccccc2n1-c1ccc2ccccc2c1. The summed E-state index contributed by atoms with van der Waals surface area (Å²) in [5, 5.41) is 8.70. The maximum absolute atomic E-state index is 5.10. The Balaban J connectivity index is 0.000000191. The van der Waals surface area contributed by atoms with Crippen molar-refractivity contribution in [1.29, 1.82) is 0 Å². The maximum atomic E-state index is 5.10. The first-order valence-electron chi connectivity index (χ1n) is 18.7. The fraction of sp³-hybridized carbons (Fsp3) is 0.143. The van der Waals surface area contributed by atoms with Crippen LogP contribution in [0.1, 0.15) is 19.4 Å². The van der Waals surface area contributed by atoms with Crippen LogP contribution in [-0.2, 0) is 26.5 Å². The molecule has 3 nitrogen and oxygen atoms in total. The van der Waals surface area contributed by atoms with Gasteiger partial charge in [-0.15, -0.1) is 41.3 Å². The van der Waals surface area contributed by atoms with Crippen LogP contribution in [0.15, 0.2) is 152 Å². The Bertz CT molecular complexity index is 2710. The van der Waals surface area contributed by atoms with Crippen molar-refractivity contribution in [3.05, 3.63) is 169 Å². The van der Waals surface area contributed by atoms with Crippen LogP contribution in [-0.4, -0.2) is 22.6 Å². The van der Waals surface area contributed by atoms with Crippen molar-refractivity contribution < 1.29 is 20.1 Å². The quantitative estimate of drug-likeness (QED) is 0.118. The fourth-order valence-electron chi connectivity index (χ4n) is 7.20. The molecule has 0 aliphatic rings. The first-order valence-corrected chi connectivity index (χ1v) is 23.0. The smallest absolute Gasteiger partial charge is 0.0798 e. The predicted octanol–water partition coefficient (Wildman–Crippen LogP) is 12.8. The molecule has 1 radical (unpaired) electrons. The maximum Gasteiger partial charge on any atom is 0.0798 e. The van der Waals surface area contributed by atoms with Crippen LogP contribution in [0.25, 0.3) is 71.4 Å². The second-order valence-corrected chi connectivity index (χ2v) is 21.2. The Hall–Kier alpha value is -4.97. The van der Waals surface area contributed by atoms with Gasteiger partial charge < -0.3 is 9.55 Å². The minimum atomic E-state index is -1.34. The van der Waals surface area contributed by atoms with Crippen molar-refractivity contribution in [2.75, 3.05) is 0 Å². The predicted molar refractivity (Wildman–Crippen MR) is 234 cm³/mol. The molecule has 0 unspecified atom stereocenters. The largest absolute Gasteiger partial charge is 0.333 e. The number of pyridine rings is 1. The van der Waals surface area contributed by atoms with Gasteiger partial charge in [0.25, 0.3) is 0 Å². The number of imidazole rings is 1. The summed E-state index contributed by atoms with van der Waals surface area (Å²) in [6, 6.07) is 54.3. The minimum Gasteiger partial charge on any atom is -0.333 e. The summed E-state index contributed by atoms with van der Waals surface area (Å²) in [6.45, 7) is 11.7. The number of para-hydroxylation sites is 2. The summed E-state index contributed by atoms with van der Waals surface area (Å²) in [5.74, 6) is 1.59. The standard InChI is InChI=1S/C31H19N2S.C18H24NSi.Ir/c1-2-8-21(9-3-1)24-15-17-30-26(19-24)27(20-34-30)31-32-28-12-6-7-13-29(28)33(31)25-16-14-22-10-4-5-11-23(22)18-25;1-14(2)11-16-12-17(15-9-7-6-8-10-15)19-13-18(16)20(3,4)5;/h1-19H;6-9,12-14H,11H2,1-5H3;/q2*-1;. The third kappa shape index (κ3) is 8.19. The Morgan fingerprint density at radius 3 is 2.24 bits per heavy atom. The summed E-state index contributed by atoms with van der Waals surface area (Å²) < 4.78 is 3.49. The molecule has 0 fully saturated rings. The van der Waals surface area contributed by atoms with Gasteiger partial charge in [0.1, 0.15) is 0 Å². The Morgan fingerprint density at radius 2 is 1.47 bits per heavy atom. The van der Waals surface area contributed by atoms with Crippen LogP contribution in [0.4, 0.5) is 0 Å². The second kappa shape index (κ2) is 16.4. The molecule has 6 heteroatoms. The van der Waals surface area contributed by atoms with Crippen LogP contribution in [0.2, 0.25) is 19.6 Å². The zero-order valence-electron chi connectivity index (χ0n) is 31.8. The van der Waals surface area contributed by atoms with Gasteiger partial charge in [-0.3, -0.25) is 16.3 Å². The molecule has 0 spiro atoms. The van der Waals surface area contributed by atoms with E-state index in [9.17, 15) is 0 Å². The molecule has 9 rings (SSSR count). The number of nitrogens with zero attached hydrogens (tertiary/aromatic N) is 3. The molecule has 0 aliphatic heterocycles. The number of rotatable bonds is 7. The number of hydrogen-bond donors (Lipinski definition) is 0. The molecular formula is C49H43IrN3SSi-2. The van der Waals surface area contributed by atoms with Crippen LogP contribution in [0.5, 0.6) is 0 Å². The Morgan fingerprint density at radius 1 is 0.727 bits per heavy atom. The van der Waals surface area contributed by atoms with Gasteiger partial charge in [0.2, 0.25) is 0 Å². The van der Waals surface area contributed by atoms with Crippen molar-refractivity contribution in [2.24, 2.45) is 5.92 Å². The molecule has 0 atom stereocenters. The molecule has 0 saturated carbocycles. The summed E-state index contributed by atoms with van der Waals surface area (Å²) in [7, 11) is -1.34. The van der Waals surface area contributed by atoms with Gasteiger partial charge in [-0.1, -0.05) is 152 Å².